The molecule has 3 aromatic heterocycles. The van der Waals surface area contributed by atoms with E-state index in [9.17, 15) is 4.79 Å². The largest absolute Gasteiger partial charge is 0.493 e. The third-order valence-corrected chi connectivity index (χ3v) is 6.94. The summed E-state index contributed by atoms with van der Waals surface area (Å²) in [5.41, 5.74) is 4.44. The molecule has 4 aromatic rings. The molecule has 4 heterocycles. The summed E-state index contributed by atoms with van der Waals surface area (Å²) >= 11 is 0. The molecular weight excluding hydrogens is 486 g/mol. The maximum Gasteiger partial charge on any atom is 0.276 e. The maximum atomic E-state index is 11.5. The zero-order valence-electron chi connectivity index (χ0n) is 21.7. The van der Waals surface area contributed by atoms with Crippen LogP contribution in [-0.2, 0) is 0 Å². The van der Waals surface area contributed by atoms with Crippen molar-refractivity contribution in [1.82, 2.24) is 15.4 Å². The van der Waals surface area contributed by atoms with Crippen LogP contribution in [0, 0.1) is 12.8 Å². The lowest BCUT2D eigenvalue weighted by Crippen LogP contribution is -2.36. The molecule has 1 aromatic carbocycles. The van der Waals surface area contributed by atoms with Crippen LogP contribution in [0.25, 0.3) is 22.4 Å². The number of pyridine rings is 2. The number of methoxy groups -OCH3 is 2. The fraction of sp³-hybridized carbons (Fsp3) is 0.321. The van der Waals surface area contributed by atoms with Gasteiger partial charge < -0.3 is 24.1 Å². The summed E-state index contributed by atoms with van der Waals surface area (Å²) in [7, 11) is 3.24. The fourth-order valence-electron chi connectivity index (χ4n) is 4.79. The number of rotatable bonds is 8. The standard InChI is InChI=1S/C28H31N5O5/c1-17-4-6-24(38-17)23-13-21(20-12-25(36-2)26(37-3)14-22(20)31-23)29-15-18-8-10-33(11-9-18)27-7-5-19(16-30-27)28(34)32-35/h4-7,12-14,16,18,35H,8-11,15H2,1-3H3,(H,29,31)(H,32,34). The van der Waals surface area contributed by atoms with Gasteiger partial charge in [-0.1, -0.05) is 0 Å². The number of hydrogen-bond donors (Lipinski definition) is 3. The Labute approximate surface area is 220 Å². The van der Waals surface area contributed by atoms with Crippen molar-refractivity contribution < 1.29 is 23.9 Å². The van der Waals surface area contributed by atoms with E-state index < -0.39 is 5.91 Å². The Hall–Kier alpha value is -4.31. The van der Waals surface area contributed by atoms with Gasteiger partial charge in [-0.05, 0) is 62.1 Å². The van der Waals surface area contributed by atoms with E-state index in [4.69, 9.17) is 24.1 Å². The van der Waals surface area contributed by atoms with E-state index in [2.05, 4.69) is 15.2 Å². The van der Waals surface area contributed by atoms with Crippen LogP contribution in [0.15, 0.2) is 53.1 Å². The van der Waals surface area contributed by atoms with Crippen LogP contribution in [0.1, 0.15) is 29.0 Å². The quantitative estimate of drug-likeness (QED) is 0.226. The number of aromatic nitrogens is 2. The monoisotopic (exact) mass is 517 g/mol. The van der Waals surface area contributed by atoms with Gasteiger partial charge in [0.2, 0.25) is 0 Å². The Kier molecular flexibility index (Phi) is 7.32. The first-order valence-electron chi connectivity index (χ1n) is 12.5. The topological polar surface area (TPSA) is 122 Å². The highest BCUT2D eigenvalue weighted by Gasteiger charge is 2.21. The Bertz CT molecular complexity index is 1430. The second kappa shape index (κ2) is 11.0. The first kappa shape index (κ1) is 25.3. The lowest BCUT2D eigenvalue weighted by atomic mass is 9.96. The van der Waals surface area contributed by atoms with Crippen molar-refractivity contribution in [1.29, 1.82) is 0 Å². The molecule has 5 rings (SSSR count). The SMILES string of the molecule is COc1cc2nc(-c3ccc(C)o3)cc(NCC3CCN(c4ccc(C(=O)NO)cn4)CC3)c2cc1OC. The molecule has 1 saturated heterocycles. The number of benzene rings is 1. The average Bonchev–Trinajstić information content (AvgIpc) is 3.41. The first-order valence-corrected chi connectivity index (χ1v) is 12.5. The van der Waals surface area contributed by atoms with Crippen LogP contribution in [0.4, 0.5) is 11.5 Å². The van der Waals surface area contributed by atoms with E-state index >= 15 is 0 Å². The summed E-state index contributed by atoms with van der Waals surface area (Å²) in [4.78, 5) is 23.0. The average molecular weight is 518 g/mol. The highest BCUT2D eigenvalue weighted by Crippen LogP contribution is 2.37. The van der Waals surface area contributed by atoms with Gasteiger partial charge in [0.05, 0.1) is 25.3 Å². The number of amides is 1. The van der Waals surface area contributed by atoms with Crippen molar-refractivity contribution in [3.8, 4) is 23.0 Å². The molecule has 0 radical (unpaired) electrons. The maximum absolute atomic E-state index is 11.5. The lowest BCUT2D eigenvalue weighted by Gasteiger charge is -2.33. The molecule has 1 aliphatic heterocycles. The number of aryl methyl sites for hydroxylation is 1. The Balaban J connectivity index is 1.32. The summed E-state index contributed by atoms with van der Waals surface area (Å²) in [5, 5.41) is 13.4. The summed E-state index contributed by atoms with van der Waals surface area (Å²) in [6, 6.07) is 13.2. The molecule has 38 heavy (non-hydrogen) atoms. The summed E-state index contributed by atoms with van der Waals surface area (Å²) in [6.45, 7) is 4.45. The molecule has 10 nitrogen and oxygen atoms in total. The molecule has 1 fully saturated rings. The number of hydroxylamine groups is 1. The number of furan rings is 1. The van der Waals surface area contributed by atoms with Crippen LogP contribution in [0.3, 0.4) is 0 Å². The molecule has 0 aliphatic carbocycles. The third-order valence-electron chi connectivity index (χ3n) is 6.94. The van der Waals surface area contributed by atoms with Gasteiger partial charge in [0.25, 0.3) is 5.91 Å². The minimum absolute atomic E-state index is 0.318. The van der Waals surface area contributed by atoms with Gasteiger partial charge in [-0.3, -0.25) is 10.0 Å². The zero-order valence-corrected chi connectivity index (χ0v) is 21.7. The molecule has 198 valence electrons. The highest BCUT2D eigenvalue weighted by atomic mass is 16.5. The van der Waals surface area contributed by atoms with Crippen molar-refractivity contribution in [2.24, 2.45) is 5.92 Å². The molecule has 0 saturated carbocycles. The lowest BCUT2D eigenvalue weighted by molar-refractivity contribution is 0.0706. The number of carbonyl (C=O) groups excluding carboxylic acids is 1. The number of hydrogen-bond acceptors (Lipinski definition) is 9. The number of nitrogens with zero attached hydrogens (tertiary/aromatic N) is 3. The number of nitrogens with one attached hydrogen (secondary N) is 2. The third kappa shape index (κ3) is 5.21. The van der Waals surface area contributed by atoms with Crippen molar-refractivity contribution in [2.75, 3.05) is 44.1 Å². The molecule has 3 N–H and O–H groups in total. The normalized spacial score (nSPS) is 13.9. The predicted molar refractivity (Wildman–Crippen MR) is 144 cm³/mol. The molecule has 0 spiro atoms. The summed E-state index contributed by atoms with van der Waals surface area (Å²) in [6.07, 6.45) is 3.47. The van der Waals surface area contributed by atoms with Gasteiger partial charge in [-0.2, -0.15) is 0 Å². The highest BCUT2D eigenvalue weighted by molar-refractivity contribution is 5.96. The molecular formula is C28H31N5O5. The number of fused-ring (bicyclic) bond motifs is 1. The first-order chi connectivity index (χ1) is 18.5. The summed E-state index contributed by atoms with van der Waals surface area (Å²) < 4.78 is 16.9. The van der Waals surface area contributed by atoms with Crippen molar-refractivity contribution in [3.63, 3.8) is 0 Å². The van der Waals surface area contributed by atoms with Crippen LogP contribution < -0.4 is 25.2 Å². The number of carbonyl (C=O) groups is 1. The molecule has 1 amide bonds. The van der Waals surface area contributed by atoms with Gasteiger partial charge in [0.15, 0.2) is 17.3 Å². The van der Waals surface area contributed by atoms with Gasteiger partial charge in [0.1, 0.15) is 17.3 Å². The van der Waals surface area contributed by atoms with E-state index in [1.165, 1.54) is 6.20 Å². The van der Waals surface area contributed by atoms with E-state index in [0.717, 1.165) is 66.3 Å². The second-order valence-electron chi connectivity index (χ2n) is 9.35. The van der Waals surface area contributed by atoms with E-state index in [0.29, 0.717) is 28.7 Å². The van der Waals surface area contributed by atoms with Crippen LogP contribution >= 0.6 is 0 Å². The van der Waals surface area contributed by atoms with Crippen molar-refractivity contribution in [3.05, 3.63) is 60.0 Å². The smallest absolute Gasteiger partial charge is 0.276 e. The van der Waals surface area contributed by atoms with E-state index in [1.807, 2.05) is 43.3 Å². The molecule has 0 bridgehead atoms. The van der Waals surface area contributed by atoms with Gasteiger partial charge in [0, 0.05) is 43.0 Å². The molecule has 10 heteroatoms. The number of anilines is 2. The van der Waals surface area contributed by atoms with Gasteiger partial charge in [-0.25, -0.2) is 15.4 Å². The predicted octanol–water partition coefficient (Wildman–Crippen LogP) is 4.66. The van der Waals surface area contributed by atoms with Crippen LogP contribution in [-0.4, -0.2) is 54.9 Å². The number of ether oxygens (including phenoxy) is 2. The Morgan fingerprint density at radius 2 is 1.87 bits per heavy atom. The van der Waals surface area contributed by atoms with Crippen LogP contribution in [0.5, 0.6) is 11.5 Å². The Morgan fingerprint density at radius 3 is 2.50 bits per heavy atom. The Morgan fingerprint density at radius 1 is 1.11 bits per heavy atom. The van der Waals surface area contributed by atoms with E-state index in [-0.39, 0.29) is 0 Å². The molecule has 0 unspecified atom stereocenters. The van der Waals surface area contributed by atoms with Crippen molar-refractivity contribution in [2.45, 2.75) is 19.8 Å². The van der Waals surface area contributed by atoms with Crippen molar-refractivity contribution >= 4 is 28.3 Å². The fourth-order valence-corrected chi connectivity index (χ4v) is 4.79. The minimum atomic E-state index is -0.570. The zero-order chi connectivity index (χ0) is 26.6. The molecule has 1 aliphatic rings. The number of piperidine rings is 1. The molecule has 0 atom stereocenters. The van der Waals surface area contributed by atoms with E-state index in [1.54, 1.807) is 25.8 Å². The van der Waals surface area contributed by atoms with Gasteiger partial charge >= 0.3 is 0 Å². The summed E-state index contributed by atoms with van der Waals surface area (Å²) in [5.74, 6) is 3.54. The second-order valence-corrected chi connectivity index (χ2v) is 9.35. The van der Waals surface area contributed by atoms with Gasteiger partial charge in [-0.15, -0.1) is 0 Å². The van der Waals surface area contributed by atoms with Crippen LogP contribution in [0.2, 0.25) is 0 Å². The minimum Gasteiger partial charge on any atom is -0.493 e.